The van der Waals surface area contributed by atoms with Crippen molar-refractivity contribution >= 4 is 12.4 Å². The number of alkyl halides is 3. The summed E-state index contributed by atoms with van der Waals surface area (Å²) in [6.45, 7) is 1.58. The van der Waals surface area contributed by atoms with Crippen molar-refractivity contribution in [2.45, 2.75) is 25.7 Å². The number of ether oxygens (including phenoxy) is 1. The first-order valence-corrected chi connectivity index (χ1v) is 8.71. The standard InChI is InChI=1S/C15H13F3N3O4.C4H5N2.V/c1-9-19-13(20-25-9)11-5-3-4-10(6-11)7-21(2)14(23)24-12(8-22)15(16,17)18;1-6-3-2-5-4-6;/h3-6,12H,7H2,1-2H3;2-3H,1H3;/q2*-1;+2. The van der Waals surface area contributed by atoms with Gasteiger partial charge in [0, 0.05) is 32.4 Å². The molecule has 1 unspecified atom stereocenters. The molecular formula is C19H18F3N5O4V. The van der Waals surface area contributed by atoms with Gasteiger partial charge in [0.2, 0.25) is 11.7 Å². The molecule has 0 aliphatic rings. The fraction of sp³-hybridized carbons (Fsp3) is 0.316. The van der Waals surface area contributed by atoms with Gasteiger partial charge in [-0.05, 0) is 18.7 Å². The molecular weight excluding hydrogens is 470 g/mol. The van der Waals surface area contributed by atoms with Crippen LogP contribution in [0.15, 0.2) is 41.2 Å². The second-order valence-corrected chi connectivity index (χ2v) is 6.25. The summed E-state index contributed by atoms with van der Waals surface area (Å²) in [4.78, 5) is 30.6. The number of carbonyl (C=O) groups excluding carboxylic acids is 2. The summed E-state index contributed by atoms with van der Waals surface area (Å²) in [5.74, 6) is 0.724. The van der Waals surface area contributed by atoms with E-state index in [2.05, 4.69) is 26.2 Å². The van der Waals surface area contributed by atoms with Crippen molar-refractivity contribution in [3.05, 3.63) is 54.4 Å². The number of aryl methyl sites for hydroxylation is 2. The predicted octanol–water partition coefficient (Wildman–Crippen LogP) is 2.87. The molecule has 0 saturated heterocycles. The fourth-order valence-electron chi connectivity index (χ4n) is 2.20. The Morgan fingerprint density at radius 3 is 2.59 bits per heavy atom. The van der Waals surface area contributed by atoms with Crippen LogP contribution in [0.5, 0.6) is 0 Å². The SMILES string of the molecule is Cc1nc(-c2cccc(CN(C)C(=O)OC([C-]=O)C(F)(F)F)c2)no1.Cn1[c-]ncc1.[V+2]. The van der Waals surface area contributed by atoms with Gasteiger partial charge in [0.15, 0.2) is 0 Å². The van der Waals surface area contributed by atoms with Crippen LogP contribution in [-0.4, -0.2) is 56.3 Å². The van der Waals surface area contributed by atoms with E-state index in [4.69, 9.17) is 4.52 Å². The molecule has 0 bridgehead atoms. The van der Waals surface area contributed by atoms with Gasteiger partial charge in [-0.2, -0.15) is 18.2 Å². The topological polar surface area (TPSA) is 103 Å². The van der Waals surface area contributed by atoms with Crippen LogP contribution in [0.25, 0.3) is 11.4 Å². The molecule has 0 spiro atoms. The average Bonchev–Trinajstić information content (AvgIpc) is 3.36. The largest absolute Gasteiger partial charge is 2.00 e. The average molecular weight is 488 g/mol. The van der Waals surface area contributed by atoms with E-state index >= 15 is 0 Å². The maximum Gasteiger partial charge on any atom is 2.00 e. The van der Waals surface area contributed by atoms with E-state index in [-0.39, 0.29) is 25.1 Å². The monoisotopic (exact) mass is 488 g/mol. The van der Waals surface area contributed by atoms with Gasteiger partial charge in [0.1, 0.15) is 6.10 Å². The van der Waals surface area contributed by atoms with Gasteiger partial charge in [0.25, 0.3) is 0 Å². The van der Waals surface area contributed by atoms with Crippen molar-refractivity contribution in [1.29, 1.82) is 0 Å². The van der Waals surface area contributed by atoms with Crippen LogP contribution in [0.2, 0.25) is 0 Å². The Bertz CT molecular complexity index is 995. The van der Waals surface area contributed by atoms with Gasteiger partial charge in [-0.3, -0.25) is 0 Å². The summed E-state index contributed by atoms with van der Waals surface area (Å²) in [6.07, 6.45) is -2.38. The molecule has 1 atom stereocenters. The Labute approximate surface area is 193 Å². The van der Waals surface area contributed by atoms with E-state index in [1.165, 1.54) is 7.05 Å². The van der Waals surface area contributed by atoms with Gasteiger partial charge < -0.3 is 28.5 Å². The molecule has 2 aromatic heterocycles. The van der Waals surface area contributed by atoms with Gasteiger partial charge in [-0.1, -0.05) is 23.4 Å². The molecule has 1 radical (unpaired) electrons. The van der Waals surface area contributed by atoms with Crippen LogP contribution in [0, 0.1) is 13.3 Å². The van der Waals surface area contributed by atoms with Gasteiger partial charge in [0.05, 0.1) is 0 Å². The Balaban J connectivity index is 0.000000631. The number of halogens is 3. The van der Waals surface area contributed by atoms with E-state index < -0.39 is 18.4 Å². The molecule has 0 aliphatic heterocycles. The number of carbonyl (C=O) groups is 1. The van der Waals surface area contributed by atoms with E-state index in [0.717, 1.165) is 4.90 Å². The zero-order chi connectivity index (χ0) is 23.0. The van der Waals surface area contributed by atoms with E-state index in [1.54, 1.807) is 42.0 Å². The first-order chi connectivity index (χ1) is 14.6. The molecule has 3 aromatic rings. The number of hydrogen-bond acceptors (Lipinski definition) is 7. The molecule has 0 saturated carbocycles. The van der Waals surface area contributed by atoms with Crippen molar-refractivity contribution in [2.24, 2.45) is 7.05 Å². The van der Waals surface area contributed by atoms with Crippen LogP contribution in [0.1, 0.15) is 11.5 Å². The zero-order valence-electron chi connectivity index (χ0n) is 17.2. The molecule has 1 amide bonds. The summed E-state index contributed by atoms with van der Waals surface area (Å²) in [5, 5.41) is 3.76. The summed E-state index contributed by atoms with van der Waals surface area (Å²) in [5.41, 5.74) is 1.21. The number of benzene rings is 1. The van der Waals surface area contributed by atoms with E-state index in [1.807, 2.05) is 13.2 Å². The first-order valence-electron chi connectivity index (χ1n) is 8.71. The smallest absolute Gasteiger partial charge is 0.538 e. The number of nitrogens with zero attached hydrogens (tertiary/aromatic N) is 5. The number of rotatable bonds is 5. The molecule has 1 aromatic carbocycles. The number of imidazole rings is 1. The van der Waals surface area contributed by atoms with Gasteiger partial charge in [-0.25, -0.2) is 11.1 Å². The van der Waals surface area contributed by atoms with Crippen LogP contribution in [0.3, 0.4) is 0 Å². The van der Waals surface area contributed by atoms with Crippen molar-refractivity contribution in [1.82, 2.24) is 24.6 Å². The predicted molar refractivity (Wildman–Crippen MR) is 100.0 cm³/mol. The summed E-state index contributed by atoms with van der Waals surface area (Å²) in [7, 11) is 3.12. The van der Waals surface area contributed by atoms with Gasteiger partial charge in [-0.15, -0.1) is 12.4 Å². The van der Waals surface area contributed by atoms with Crippen molar-refractivity contribution < 1.29 is 50.6 Å². The Kier molecular flexibility index (Phi) is 10.1. The Morgan fingerprint density at radius 1 is 1.41 bits per heavy atom. The third-order valence-electron chi connectivity index (χ3n) is 3.65. The molecule has 3 rings (SSSR count). The second kappa shape index (κ2) is 12.1. The van der Waals surface area contributed by atoms with Crippen LogP contribution >= 0.6 is 0 Å². The minimum atomic E-state index is -5.01. The number of amides is 1. The Hall–Kier alpha value is -3.12. The molecule has 9 nitrogen and oxygen atoms in total. The van der Waals surface area contributed by atoms with Crippen molar-refractivity contribution in [3.8, 4) is 11.4 Å². The van der Waals surface area contributed by atoms with Gasteiger partial charge >= 0.3 is 30.8 Å². The summed E-state index contributed by atoms with van der Waals surface area (Å²) in [6, 6.07) is 6.70. The first kappa shape index (κ1) is 26.9. The van der Waals surface area contributed by atoms with Crippen LogP contribution < -0.4 is 0 Å². The second-order valence-electron chi connectivity index (χ2n) is 6.25. The normalized spacial score (nSPS) is 11.4. The maximum atomic E-state index is 12.4. The number of aromatic nitrogens is 4. The molecule has 13 heteroatoms. The van der Waals surface area contributed by atoms with Crippen LogP contribution in [-0.2, 0) is 41.7 Å². The quantitative estimate of drug-likeness (QED) is 0.509. The summed E-state index contributed by atoms with van der Waals surface area (Å²) < 4.78 is 48.1. The molecule has 0 aliphatic carbocycles. The van der Waals surface area contributed by atoms with E-state index in [9.17, 15) is 22.8 Å². The minimum absolute atomic E-state index is 0. The third-order valence-corrected chi connectivity index (χ3v) is 3.65. The van der Waals surface area contributed by atoms with Crippen molar-refractivity contribution in [2.75, 3.05) is 7.05 Å². The zero-order valence-corrected chi connectivity index (χ0v) is 18.6. The molecule has 2 heterocycles. The van der Waals surface area contributed by atoms with Crippen molar-refractivity contribution in [3.63, 3.8) is 0 Å². The fourth-order valence-corrected chi connectivity index (χ4v) is 2.20. The third kappa shape index (κ3) is 8.19. The minimum Gasteiger partial charge on any atom is -0.538 e. The molecule has 32 heavy (non-hydrogen) atoms. The van der Waals surface area contributed by atoms with E-state index in [0.29, 0.717) is 29.1 Å². The Morgan fingerprint density at radius 2 is 2.12 bits per heavy atom. The molecule has 0 fully saturated rings. The number of hydrogen-bond donors (Lipinski definition) is 0. The maximum absolute atomic E-state index is 12.4. The summed E-state index contributed by atoms with van der Waals surface area (Å²) >= 11 is 0. The van der Waals surface area contributed by atoms with Crippen LogP contribution in [0.4, 0.5) is 18.0 Å². The molecule has 169 valence electrons. The molecule has 0 N–H and O–H groups in total.